The summed E-state index contributed by atoms with van der Waals surface area (Å²) < 4.78 is 0. The molecule has 0 aliphatic heterocycles. The normalized spacial score (nSPS) is 10.3. The highest BCUT2D eigenvalue weighted by molar-refractivity contribution is 6.30. The van der Waals surface area contributed by atoms with Gasteiger partial charge in [-0.25, -0.2) is 0 Å². The van der Waals surface area contributed by atoms with Crippen molar-refractivity contribution in [3.05, 3.63) is 58.2 Å². The van der Waals surface area contributed by atoms with Gasteiger partial charge in [0.05, 0.1) is 0 Å². The fourth-order valence-electron chi connectivity index (χ4n) is 1.67. The molecule has 0 aliphatic carbocycles. The van der Waals surface area contributed by atoms with Gasteiger partial charge in [-0.3, -0.25) is 0 Å². The van der Waals surface area contributed by atoms with E-state index in [9.17, 15) is 0 Å². The zero-order valence-electron chi connectivity index (χ0n) is 10.5. The Morgan fingerprint density at radius 2 is 2.05 bits per heavy atom. The molecule has 0 amide bonds. The maximum absolute atomic E-state index is 5.87. The Balaban J connectivity index is 2.27. The van der Waals surface area contributed by atoms with E-state index in [1.165, 1.54) is 0 Å². The number of allylic oxidation sites excluding steroid dienone is 1. The number of halogens is 2. The van der Waals surface area contributed by atoms with Gasteiger partial charge < -0.3 is 5.32 Å². The minimum Gasteiger partial charge on any atom is -0.338 e. The second-order valence-corrected chi connectivity index (χ2v) is 5.07. The van der Waals surface area contributed by atoms with E-state index >= 15 is 0 Å². The number of hydrogen-bond donors (Lipinski definition) is 1. The van der Waals surface area contributed by atoms with Crippen LogP contribution in [0.25, 0.3) is 0 Å². The Morgan fingerprint density at radius 3 is 2.74 bits per heavy atom. The summed E-state index contributed by atoms with van der Waals surface area (Å²) in [5.41, 5.74) is 2.86. The van der Waals surface area contributed by atoms with Gasteiger partial charge in [-0.05, 0) is 30.2 Å². The SMILES string of the molecule is C=C(Cl)Cc1ccccc1Nc1cc(C)c(Cl)nn1. The van der Waals surface area contributed by atoms with E-state index in [0.29, 0.717) is 22.4 Å². The number of rotatable bonds is 4. The zero-order valence-corrected chi connectivity index (χ0v) is 12.0. The van der Waals surface area contributed by atoms with Crippen molar-refractivity contribution in [2.24, 2.45) is 0 Å². The average molecular weight is 294 g/mol. The molecule has 5 heteroatoms. The van der Waals surface area contributed by atoms with E-state index in [4.69, 9.17) is 23.2 Å². The van der Waals surface area contributed by atoms with Gasteiger partial charge in [0.2, 0.25) is 0 Å². The summed E-state index contributed by atoms with van der Waals surface area (Å²) in [5, 5.41) is 12.1. The molecular formula is C14H13Cl2N3. The van der Waals surface area contributed by atoms with Crippen LogP contribution in [0, 0.1) is 6.92 Å². The van der Waals surface area contributed by atoms with Crippen LogP contribution in [0.2, 0.25) is 5.15 Å². The number of anilines is 2. The molecule has 0 atom stereocenters. The van der Waals surface area contributed by atoms with E-state index < -0.39 is 0 Å². The molecule has 0 saturated heterocycles. The average Bonchev–Trinajstić information content (AvgIpc) is 2.36. The maximum Gasteiger partial charge on any atom is 0.154 e. The van der Waals surface area contributed by atoms with Gasteiger partial charge in [0.1, 0.15) is 0 Å². The molecule has 0 spiro atoms. The summed E-state index contributed by atoms with van der Waals surface area (Å²) in [6, 6.07) is 9.70. The lowest BCUT2D eigenvalue weighted by Gasteiger charge is -2.11. The smallest absolute Gasteiger partial charge is 0.154 e. The summed E-state index contributed by atoms with van der Waals surface area (Å²) in [6.07, 6.45) is 0.602. The summed E-state index contributed by atoms with van der Waals surface area (Å²) in [4.78, 5) is 0. The van der Waals surface area contributed by atoms with Gasteiger partial charge >= 0.3 is 0 Å². The van der Waals surface area contributed by atoms with Gasteiger partial charge in [0.15, 0.2) is 11.0 Å². The van der Waals surface area contributed by atoms with Crippen LogP contribution in [0.3, 0.4) is 0 Å². The van der Waals surface area contributed by atoms with Crippen LogP contribution in [0.4, 0.5) is 11.5 Å². The van der Waals surface area contributed by atoms with Crippen molar-refractivity contribution < 1.29 is 0 Å². The number of benzene rings is 1. The highest BCUT2D eigenvalue weighted by Gasteiger charge is 2.05. The van der Waals surface area contributed by atoms with Crippen molar-refractivity contribution in [3.8, 4) is 0 Å². The fourth-order valence-corrected chi connectivity index (χ4v) is 1.91. The topological polar surface area (TPSA) is 37.8 Å². The zero-order chi connectivity index (χ0) is 13.8. The molecule has 1 N–H and O–H groups in total. The first-order valence-electron chi connectivity index (χ1n) is 5.74. The summed E-state index contributed by atoms with van der Waals surface area (Å²) in [7, 11) is 0. The molecule has 3 nitrogen and oxygen atoms in total. The molecule has 2 rings (SSSR count). The predicted octanol–water partition coefficient (Wildman–Crippen LogP) is 4.48. The van der Waals surface area contributed by atoms with E-state index in [0.717, 1.165) is 16.8 Å². The molecule has 0 unspecified atom stereocenters. The Hall–Kier alpha value is -1.58. The molecule has 19 heavy (non-hydrogen) atoms. The summed E-state index contributed by atoms with van der Waals surface area (Å²) in [5.74, 6) is 0.648. The molecular weight excluding hydrogens is 281 g/mol. The highest BCUT2D eigenvalue weighted by Crippen LogP contribution is 2.23. The van der Waals surface area contributed by atoms with Crippen LogP contribution in [0.15, 0.2) is 41.9 Å². The maximum atomic E-state index is 5.87. The van der Waals surface area contributed by atoms with Gasteiger partial charge in [-0.1, -0.05) is 48.0 Å². The molecule has 0 aliphatic rings. The van der Waals surface area contributed by atoms with Crippen LogP contribution in [0.5, 0.6) is 0 Å². The number of nitrogens with zero attached hydrogens (tertiary/aromatic N) is 2. The van der Waals surface area contributed by atoms with Crippen molar-refractivity contribution >= 4 is 34.7 Å². The fraction of sp³-hybridized carbons (Fsp3) is 0.143. The highest BCUT2D eigenvalue weighted by atomic mass is 35.5. The van der Waals surface area contributed by atoms with Crippen molar-refractivity contribution in [1.29, 1.82) is 0 Å². The number of para-hydroxylation sites is 1. The van der Waals surface area contributed by atoms with Gasteiger partial charge in [0.25, 0.3) is 0 Å². The Kier molecular flexibility index (Phi) is 4.40. The first-order chi connectivity index (χ1) is 9.06. The lowest BCUT2D eigenvalue weighted by Crippen LogP contribution is -2.00. The molecule has 98 valence electrons. The van der Waals surface area contributed by atoms with E-state index in [-0.39, 0.29) is 0 Å². The predicted molar refractivity (Wildman–Crippen MR) is 80.2 cm³/mol. The number of hydrogen-bond acceptors (Lipinski definition) is 3. The first kappa shape index (κ1) is 13.8. The van der Waals surface area contributed by atoms with Crippen molar-refractivity contribution in [3.63, 3.8) is 0 Å². The third-order valence-electron chi connectivity index (χ3n) is 2.59. The first-order valence-corrected chi connectivity index (χ1v) is 6.50. The number of aromatic nitrogens is 2. The third-order valence-corrected chi connectivity index (χ3v) is 3.09. The largest absolute Gasteiger partial charge is 0.338 e. The third kappa shape index (κ3) is 3.69. The second kappa shape index (κ2) is 6.04. The molecule has 0 fully saturated rings. The minimum atomic E-state index is 0.410. The molecule has 0 saturated carbocycles. The van der Waals surface area contributed by atoms with Gasteiger partial charge in [-0.15, -0.1) is 10.2 Å². The summed E-state index contributed by atoms with van der Waals surface area (Å²) in [6.45, 7) is 5.60. The van der Waals surface area contributed by atoms with Crippen LogP contribution in [0.1, 0.15) is 11.1 Å². The molecule has 0 bridgehead atoms. The van der Waals surface area contributed by atoms with E-state index in [1.807, 2.05) is 37.3 Å². The monoisotopic (exact) mass is 293 g/mol. The number of aryl methyl sites for hydroxylation is 1. The van der Waals surface area contributed by atoms with Crippen LogP contribution >= 0.6 is 23.2 Å². The van der Waals surface area contributed by atoms with Crippen LogP contribution in [-0.4, -0.2) is 10.2 Å². The van der Waals surface area contributed by atoms with Crippen LogP contribution in [-0.2, 0) is 6.42 Å². The lowest BCUT2D eigenvalue weighted by molar-refractivity contribution is 1.02. The number of nitrogens with one attached hydrogen (secondary N) is 1. The Bertz CT molecular complexity index is 611. The molecule has 0 radical (unpaired) electrons. The van der Waals surface area contributed by atoms with E-state index in [1.54, 1.807) is 0 Å². The Labute approximate surface area is 122 Å². The van der Waals surface area contributed by atoms with Crippen molar-refractivity contribution in [2.45, 2.75) is 13.3 Å². The summed E-state index contributed by atoms with van der Waals surface area (Å²) >= 11 is 11.7. The minimum absolute atomic E-state index is 0.410. The molecule has 2 aromatic rings. The van der Waals surface area contributed by atoms with Gasteiger partial charge in [-0.2, -0.15) is 0 Å². The molecule has 1 heterocycles. The Morgan fingerprint density at radius 1 is 1.32 bits per heavy atom. The van der Waals surface area contributed by atoms with Crippen molar-refractivity contribution in [1.82, 2.24) is 10.2 Å². The standard InChI is InChI=1S/C14H13Cl2N3/c1-9-7-13(18-19-14(9)16)17-12-6-4-3-5-11(12)8-10(2)15/h3-7H,2,8H2,1H3,(H,17,18). The van der Waals surface area contributed by atoms with E-state index in [2.05, 4.69) is 22.1 Å². The lowest BCUT2D eigenvalue weighted by atomic mass is 10.1. The van der Waals surface area contributed by atoms with Gasteiger partial charge in [0, 0.05) is 17.1 Å². The molecule has 1 aromatic heterocycles. The quantitative estimate of drug-likeness (QED) is 0.903. The van der Waals surface area contributed by atoms with Crippen molar-refractivity contribution in [2.75, 3.05) is 5.32 Å². The van der Waals surface area contributed by atoms with Crippen LogP contribution < -0.4 is 5.32 Å². The molecule has 1 aromatic carbocycles. The second-order valence-electron chi connectivity index (χ2n) is 4.18.